The van der Waals surface area contributed by atoms with Crippen LogP contribution in [-0.4, -0.2) is 10.8 Å². The van der Waals surface area contributed by atoms with Gasteiger partial charge in [0.1, 0.15) is 5.03 Å². The van der Waals surface area contributed by atoms with Crippen LogP contribution in [0.15, 0.2) is 82.7 Å². The molecule has 0 aliphatic heterocycles. The molecule has 3 rings (SSSR count). The number of hydrogen-bond donors (Lipinski definition) is 0. The van der Waals surface area contributed by atoms with Crippen LogP contribution in [0.1, 0.15) is 21.6 Å². The van der Waals surface area contributed by atoms with E-state index in [1.54, 1.807) is 11.8 Å². The highest BCUT2D eigenvalue weighted by Gasteiger charge is 2.13. The van der Waals surface area contributed by atoms with Gasteiger partial charge in [-0.2, -0.15) is 0 Å². The lowest BCUT2D eigenvalue weighted by Crippen LogP contribution is -2.05. The average molecular weight is 305 g/mol. The topological polar surface area (TPSA) is 30.0 Å². The lowest BCUT2D eigenvalue weighted by molar-refractivity contribution is 0.103. The standard InChI is InChI=1S/C19H15NOS/c1-14-17(19(21)15-8-4-2-5-9-15)12-13-18(20-14)22-16-10-6-3-7-11-16/h2-13H,1H3. The van der Waals surface area contributed by atoms with Crippen LogP contribution in [0.3, 0.4) is 0 Å². The third-order valence-corrected chi connectivity index (χ3v) is 4.25. The summed E-state index contributed by atoms with van der Waals surface area (Å²) in [4.78, 5) is 18.2. The van der Waals surface area contributed by atoms with Crippen LogP contribution < -0.4 is 0 Å². The smallest absolute Gasteiger partial charge is 0.194 e. The summed E-state index contributed by atoms with van der Waals surface area (Å²) in [6.07, 6.45) is 0. The van der Waals surface area contributed by atoms with Crippen molar-refractivity contribution in [2.75, 3.05) is 0 Å². The van der Waals surface area contributed by atoms with Crippen LogP contribution in [-0.2, 0) is 0 Å². The Balaban J connectivity index is 1.85. The normalized spacial score (nSPS) is 10.4. The van der Waals surface area contributed by atoms with Crippen molar-refractivity contribution >= 4 is 17.5 Å². The molecule has 1 aromatic heterocycles. The molecule has 0 amide bonds. The van der Waals surface area contributed by atoms with E-state index in [9.17, 15) is 4.79 Å². The molecule has 0 fully saturated rings. The monoisotopic (exact) mass is 305 g/mol. The van der Waals surface area contributed by atoms with Crippen LogP contribution >= 0.6 is 11.8 Å². The average Bonchev–Trinajstić information content (AvgIpc) is 2.56. The minimum atomic E-state index is 0.0156. The van der Waals surface area contributed by atoms with E-state index in [0.29, 0.717) is 11.1 Å². The summed E-state index contributed by atoms with van der Waals surface area (Å²) in [6.45, 7) is 1.88. The van der Waals surface area contributed by atoms with Gasteiger partial charge in [0.25, 0.3) is 0 Å². The number of pyridine rings is 1. The first kappa shape index (κ1) is 14.5. The number of carbonyl (C=O) groups is 1. The van der Waals surface area contributed by atoms with Crippen molar-refractivity contribution in [2.45, 2.75) is 16.8 Å². The summed E-state index contributed by atoms with van der Waals surface area (Å²) in [7, 11) is 0. The highest BCUT2D eigenvalue weighted by Crippen LogP contribution is 2.26. The van der Waals surface area contributed by atoms with Gasteiger partial charge in [0, 0.05) is 21.7 Å². The summed E-state index contributed by atoms with van der Waals surface area (Å²) in [5.74, 6) is 0.0156. The molecule has 3 aromatic rings. The number of aryl methyl sites for hydroxylation is 1. The van der Waals surface area contributed by atoms with E-state index >= 15 is 0 Å². The second-order valence-electron chi connectivity index (χ2n) is 4.89. The number of ketones is 1. The van der Waals surface area contributed by atoms with Gasteiger partial charge in [-0.3, -0.25) is 4.79 Å². The fourth-order valence-electron chi connectivity index (χ4n) is 2.19. The molecule has 0 aliphatic rings. The van der Waals surface area contributed by atoms with E-state index < -0.39 is 0 Å². The maximum absolute atomic E-state index is 12.5. The third-order valence-electron chi connectivity index (χ3n) is 3.31. The molecule has 0 aliphatic carbocycles. The predicted octanol–water partition coefficient (Wildman–Crippen LogP) is 4.77. The van der Waals surface area contributed by atoms with Crippen molar-refractivity contribution in [3.05, 3.63) is 89.6 Å². The zero-order valence-electron chi connectivity index (χ0n) is 12.2. The summed E-state index contributed by atoms with van der Waals surface area (Å²) < 4.78 is 0. The Hall–Kier alpha value is -2.39. The Morgan fingerprint density at radius 3 is 2.14 bits per heavy atom. The molecule has 0 spiro atoms. The Labute approximate surface area is 134 Å². The Bertz CT molecular complexity index is 785. The summed E-state index contributed by atoms with van der Waals surface area (Å²) in [6, 6.07) is 23.2. The summed E-state index contributed by atoms with van der Waals surface area (Å²) in [5.41, 5.74) is 2.11. The number of hydrogen-bond acceptors (Lipinski definition) is 3. The van der Waals surface area contributed by atoms with Crippen LogP contribution in [0.2, 0.25) is 0 Å². The second-order valence-corrected chi connectivity index (χ2v) is 5.99. The fourth-order valence-corrected chi connectivity index (χ4v) is 3.04. The van der Waals surface area contributed by atoms with Crippen LogP contribution in [0.25, 0.3) is 0 Å². The van der Waals surface area contributed by atoms with E-state index in [2.05, 4.69) is 4.98 Å². The van der Waals surface area contributed by atoms with Crippen molar-refractivity contribution in [3.8, 4) is 0 Å². The summed E-state index contributed by atoms with van der Waals surface area (Å²) >= 11 is 1.60. The Morgan fingerprint density at radius 2 is 1.50 bits per heavy atom. The molecule has 108 valence electrons. The van der Waals surface area contributed by atoms with E-state index in [-0.39, 0.29) is 5.78 Å². The molecule has 1 heterocycles. The molecule has 2 nitrogen and oxygen atoms in total. The first-order chi connectivity index (χ1) is 10.7. The SMILES string of the molecule is Cc1nc(Sc2ccccc2)ccc1C(=O)c1ccccc1. The number of aromatic nitrogens is 1. The van der Waals surface area contributed by atoms with Gasteiger partial charge in [-0.25, -0.2) is 4.98 Å². The maximum Gasteiger partial charge on any atom is 0.194 e. The van der Waals surface area contributed by atoms with E-state index in [4.69, 9.17) is 0 Å². The maximum atomic E-state index is 12.5. The van der Waals surface area contributed by atoms with Crippen LogP contribution in [0.4, 0.5) is 0 Å². The third kappa shape index (κ3) is 3.26. The highest BCUT2D eigenvalue weighted by molar-refractivity contribution is 7.99. The highest BCUT2D eigenvalue weighted by atomic mass is 32.2. The molecule has 3 heteroatoms. The number of carbonyl (C=O) groups excluding carboxylic acids is 1. The Morgan fingerprint density at radius 1 is 0.864 bits per heavy atom. The van der Waals surface area contributed by atoms with Gasteiger partial charge in [-0.05, 0) is 31.2 Å². The number of benzene rings is 2. The van der Waals surface area contributed by atoms with Gasteiger partial charge in [0.2, 0.25) is 0 Å². The Kier molecular flexibility index (Phi) is 4.35. The lowest BCUT2D eigenvalue weighted by Gasteiger charge is -2.07. The summed E-state index contributed by atoms with van der Waals surface area (Å²) in [5, 5.41) is 0.897. The predicted molar refractivity (Wildman–Crippen MR) is 89.4 cm³/mol. The first-order valence-corrected chi connectivity index (χ1v) is 7.86. The molecule has 0 radical (unpaired) electrons. The molecule has 0 bridgehead atoms. The van der Waals surface area contributed by atoms with Gasteiger partial charge >= 0.3 is 0 Å². The molecule has 22 heavy (non-hydrogen) atoms. The molecule has 2 aromatic carbocycles. The number of nitrogens with zero attached hydrogens (tertiary/aromatic N) is 1. The molecule has 0 N–H and O–H groups in total. The van der Waals surface area contributed by atoms with E-state index in [1.807, 2.05) is 79.7 Å². The van der Waals surface area contributed by atoms with Crippen LogP contribution in [0, 0.1) is 6.92 Å². The van der Waals surface area contributed by atoms with Gasteiger partial charge < -0.3 is 0 Å². The number of rotatable bonds is 4. The molecule has 0 unspecified atom stereocenters. The minimum absolute atomic E-state index is 0.0156. The molecular weight excluding hydrogens is 290 g/mol. The van der Waals surface area contributed by atoms with Gasteiger partial charge in [0.05, 0.1) is 0 Å². The van der Waals surface area contributed by atoms with E-state index in [0.717, 1.165) is 15.6 Å². The molecular formula is C19H15NOS. The molecule has 0 atom stereocenters. The van der Waals surface area contributed by atoms with Gasteiger partial charge in [-0.15, -0.1) is 0 Å². The van der Waals surface area contributed by atoms with Crippen molar-refractivity contribution in [1.82, 2.24) is 4.98 Å². The zero-order valence-corrected chi connectivity index (χ0v) is 13.0. The quantitative estimate of drug-likeness (QED) is 0.650. The molecule has 0 saturated heterocycles. The second kappa shape index (κ2) is 6.58. The van der Waals surface area contributed by atoms with Gasteiger partial charge in [0.15, 0.2) is 5.78 Å². The van der Waals surface area contributed by atoms with Crippen molar-refractivity contribution in [2.24, 2.45) is 0 Å². The largest absolute Gasteiger partial charge is 0.289 e. The van der Waals surface area contributed by atoms with Crippen molar-refractivity contribution in [3.63, 3.8) is 0 Å². The van der Waals surface area contributed by atoms with Gasteiger partial charge in [-0.1, -0.05) is 60.3 Å². The first-order valence-electron chi connectivity index (χ1n) is 7.04. The lowest BCUT2D eigenvalue weighted by atomic mass is 10.0. The van der Waals surface area contributed by atoms with Crippen molar-refractivity contribution in [1.29, 1.82) is 0 Å². The zero-order chi connectivity index (χ0) is 15.4. The molecule has 0 saturated carbocycles. The fraction of sp³-hybridized carbons (Fsp3) is 0.0526. The van der Waals surface area contributed by atoms with Crippen molar-refractivity contribution < 1.29 is 4.79 Å². The minimum Gasteiger partial charge on any atom is -0.289 e. The van der Waals surface area contributed by atoms with Crippen LogP contribution in [0.5, 0.6) is 0 Å². The van der Waals surface area contributed by atoms with E-state index in [1.165, 1.54) is 0 Å².